The predicted octanol–water partition coefficient (Wildman–Crippen LogP) is 0.318. The number of carboxylic acids is 1. The van der Waals surface area contributed by atoms with Gasteiger partial charge in [-0.05, 0) is 6.42 Å². The van der Waals surface area contributed by atoms with Crippen LogP contribution in [0.25, 0.3) is 0 Å². The average Bonchev–Trinajstić information content (AvgIpc) is 2.16. The van der Waals surface area contributed by atoms with Gasteiger partial charge in [0.25, 0.3) is 0 Å². The summed E-state index contributed by atoms with van der Waals surface area (Å²) < 4.78 is 0. The SMILES string of the molecule is O=C(O)C1CC2C=CC=CC2NC1=O. The van der Waals surface area contributed by atoms with Crippen molar-refractivity contribution in [3.8, 4) is 0 Å². The maximum absolute atomic E-state index is 11.3. The maximum Gasteiger partial charge on any atom is 0.316 e. The number of carboxylic acid groups (broad SMARTS) is 1. The zero-order valence-electron chi connectivity index (χ0n) is 7.51. The van der Waals surface area contributed by atoms with Crippen molar-refractivity contribution in [3.05, 3.63) is 24.3 Å². The van der Waals surface area contributed by atoms with Gasteiger partial charge in [-0.25, -0.2) is 0 Å². The van der Waals surface area contributed by atoms with Crippen LogP contribution in [-0.4, -0.2) is 23.0 Å². The van der Waals surface area contributed by atoms with Crippen LogP contribution in [0, 0.1) is 11.8 Å². The summed E-state index contributed by atoms with van der Waals surface area (Å²) in [4.78, 5) is 22.1. The molecule has 1 aliphatic carbocycles. The molecule has 1 saturated heterocycles. The quantitative estimate of drug-likeness (QED) is 0.589. The van der Waals surface area contributed by atoms with Gasteiger partial charge in [0.1, 0.15) is 5.92 Å². The van der Waals surface area contributed by atoms with E-state index >= 15 is 0 Å². The molecule has 14 heavy (non-hydrogen) atoms. The van der Waals surface area contributed by atoms with E-state index in [-0.39, 0.29) is 17.9 Å². The highest BCUT2D eigenvalue weighted by Gasteiger charge is 2.37. The molecule has 1 heterocycles. The molecular formula is C10H11NO3. The zero-order valence-corrected chi connectivity index (χ0v) is 7.51. The predicted molar refractivity (Wildman–Crippen MR) is 49.4 cm³/mol. The second-order valence-electron chi connectivity index (χ2n) is 3.59. The number of fused-ring (bicyclic) bond motifs is 1. The average molecular weight is 193 g/mol. The first kappa shape index (κ1) is 8.99. The Morgan fingerprint density at radius 1 is 1.43 bits per heavy atom. The van der Waals surface area contributed by atoms with Crippen molar-refractivity contribution in [2.75, 3.05) is 0 Å². The number of carbonyl (C=O) groups excluding carboxylic acids is 1. The third-order valence-electron chi connectivity index (χ3n) is 2.68. The second-order valence-corrected chi connectivity index (χ2v) is 3.59. The van der Waals surface area contributed by atoms with Crippen LogP contribution in [0.5, 0.6) is 0 Å². The molecule has 0 bridgehead atoms. The van der Waals surface area contributed by atoms with Gasteiger partial charge >= 0.3 is 5.97 Å². The Kier molecular flexibility index (Phi) is 2.11. The van der Waals surface area contributed by atoms with Crippen LogP contribution in [0.2, 0.25) is 0 Å². The summed E-state index contributed by atoms with van der Waals surface area (Å²) in [5, 5.41) is 11.5. The minimum absolute atomic E-state index is 0.0249. The van der Waals surface area contributed by atoms with Crippen molar-refractivity contribution in [2.24, 2.45) is 11.8 Å². The molecule has 2 N–H and O–H groups in total. The molecular weight excluding hydrogens is 182 g/mol. The smallest absolute Gasteiger partial charge is 0.316 e. The molecule has 2 aliphatic rings. The van der Waals surface area contributed by atoms with Crippen LogP contribution < -0.4 is 5.32 Å². The molecule has 1 amide bonds. The van der Waals surface area contributed by atoms with E-state index in [9.17, 15) is 9.59 Å². The van der Waals surface area contributed by atoms with Crippen molar-refractivity contribution >= 4 is 11.9 Å². The molecule has 3 atom stereocenters. The van der Waals surface area contributed by atoms with Gasteiger partial charge in [-0.15, -0.1) is 0 Å². The normalized spacial score (nSPS) is 34.9. The molecule has 1 aliphatic heterocycles. The molecule has 0 spiro atoms. The monoisotopic (exact) mass is 193 g/mol. The van der Waals surface area contributed by atoms with Gasteiger partial charge in [0, 0.05) is 5.92 Å². The van der Waals surface area contributed by atoms with Crippen LogP contribution in [0.1, 0.15) is 6.42 Å². The summed E-state index contributed by atoms with van der Waals surface area (Å²) in [5.41, 5.74) is 0. The summed E-state index contributed by atoms with van der Waals surface area (Å²) in [6.07, 6.45) is 7.98. The number of rotatable bonds is 1. The Morgan fingerprint density at radius 3 is 2.86 bits per heavy atom. The summed E-state index contributed by atoms with van der Waals surface area (Å²) in [5.74, 6) is -2.19. The number of aliphatic carboxylic acids is 1. The van der Waals surface area contributed by atoms with Gasteiger partial charge in [0.15, 0.2) is 0 Å². The number of hydrogen-bond donors (Lipinski definition) is 2. The van der Waals surface area contributed by atoms with Gasteiger partial charge < -0.3 is 10.4 Å². The van der Waals surface area contributed by atoms with Crippen LogP contribution in [-0.2, 0) is 9.59 Å². The van der Waals surface area contributed by atoms with E-state index in [0.29, 0.717) is 6.42 Å². The van der Waals surface area contributed by atoms with Crippen molar-refractivity contribution in [1.29, 1.82) is 0 Å². The lowest BCUT2D eigenvalue weighted by molar-refractivity contribution is -0.149. The van der Waals surface area contributed by atoms with Gasteiger partial charge in [0.05, 0.1) is 6.04 Å². The summed E-state index contributed by atoms with van der Waals surface area (Å²) in [6, 6.07) is -0.0249. The highest BCUT2D eigenvalue weighted by Crippen LogP contribution is 2.26. The molecule has 0 aromatic heterocycles. The van der Waals surface area contributed by atoms with E-state index in [1.54, 1.807) is 0 Å². The Bertz CT molecular complexity index is 332. The highest BCUT2D eigenvalue weighted by atomic mass is 16.4. The van der Waals surface area contributed by atoms with E-state index in [1.807, 2.05) is 24.3 Å². The van der Waals surface area contributed by atoms with E-state index in [4.69, 9.17) is 5.11 Å². The van der Waals surface area contributed by atoms with Crippen molar-refractivity contribution in [1.82, 2.24) is 5.32 Å². The van der Waals surface area contributed by atoms with E-state index in [0.717, 1.165) is 0 Å². The lowest BCUT2D eigenvalue weighted by atomic mass is 9.82. The van der Waals surface area contributed by atoms with Crippen molar-refractivity contribution < 1.29 is 14.7 Å². The summed E-state index contributed by atoms with van der Waals surface area (Å²) >= 11 is 0. The standard InChI is InChI=1S/C10H11NO3/c12-9-7(10(13)14)5-6-3-1-2-4-8(6)11-9/h1-4,6-8H,5H2,(H,11,12)(H,13,14). The van der Waals surface area contributed by atoms with Crippen LogP contribution in [0.15, 0.2) is 24.3 Å². The molecule has 3 unspecified atom stereocenters. The third kappa shape index (κ3) is 1.43. The number of nitrogens with one attached hydrogen (secondary N) is 1. The summed E-state index contributed by atoms with van der Waals surface area (Å²) in [7, 11) is 0. The first-order valence-corrected chi connectivity index (χ1v) is 4.56. The number of amides is 1. The largest absolute Gasteiger partial charge is 0.481 e. The Labute approximate surface area is 81.3 Å². The topological polar surface area (TPSA) is 66.4 Å². The molecule has 0 aromatic rings. The van der Waals surface area contributed by atoms with Crippen LogP contribution in [0.3, 0.4) is 0 Å². The van der Waals surface area contributed by atoms with Crippen LogP contribution >= 0.6 is 0 Å². The lowest BCUT2D eigenvalue weighted by Gasteiger charge is -2.32. The first-order valence-electron chi connectivity index (χ1n) is 4.56. The fourth-order valence-corrected chi connectivity index (χ4v) is 1.89. The Balaban J connectivity index is 2.16. The van der Waals surface area contributed by atoms with E-state index < -0.39 is 11.9 Å². The molecule has 74 valence electrons. The minimum Gasteiger partial charge on any atom is -0.481 e. The van der Waals surface area contributed by atoms with Gasteiger partial charge in [0.2, 0.25) is 5.91 Å². The van der Waals surface area contributed by atoms with E-state index in [2.05, 4.69) is 5.32 Å². The zero-order chi connectivity index (χ0) is 10.1. The molecule has 4 heteroatoms. The molecule has 4 nitrogen and oxygen atoms in total. The number of piperidine rings is 1. The Hall–Kier alpha value is -1.58. The fraction of sp³-hybridized carbons (Fsp3) is 0.400. The number of carbonyl (C=O) groups is 2. The Morgan fingerprint density at radius 2 is 2.14 bits per heavy atom. The summed E-state index contributed by atoms with van der Waals surface area (Å²) in [6.45, 7) is 0. The number of allylic oxidation sites excluding steroid dienone is 2. The van der Waals surface area contributed by atoms with Crippen molar-refractivity contribution in [2.45, 2.75) is 12.5 Å². The first-order chi connectivity index (χ1) is 6.68. The van der Waals surface area contributed by atoms with E-state index in [1.165, 1.54) is 0 Å². The fourth-order valence-electron chi connectivity index (χ4n) is 1.89. The highest BCUT2D eigenvalue weighted by molar-refractivity contribution is 5.97. The molecule has 1 fully saturated rings. The number of hydrogen-bond acceptors (Lipinski definition) is 2. The maximum atomic E-state index is 11.3. The molecule has 0 aromatic carbocycles. The van der Waals surface area contributed by atoms with Crippen molar-refractivity contribution in [3.63, 3.8) is 0 Å². The van der Waals surface area contributed by atoms with Crippen LogP contribution in [0.4, 0.5) is 0 Å². The molecule has 2 rings (SSSR count). The van der Waals surface area contributed by atoms with Gasteiger partial charge in [-0.3, -0.25) is 9.59 Å². The third-order valence-corrected chi connectivity index (χ3v) is 2.68. The minimum atomic E-state index is -1.04. The lowest BCUT2D eigenvalue weighted by Crippen LogP contribution is -2.50. The van der Waals surface area contributed by atoms with Gasteiger partial charge in [-0.1, -0.05) is 24.3 Å². The molecule has 0 radical (unpaired) electrons. The van der Waals surface area contributed by atoms with Gasteiger partial charge in [-0.2, -0.15) is 0 Å². The molecule has 0 saturated carbocycles. The second kappa shape index (κ2) is 3.29.